The molecule has 30 heavy (non-hydrogen) atoms. The van der Waals surface area contributed by atoms with Gasteiger partial charge < -0.3 is 27.8 Å². The van der Waals surface area contributed by atoms with Crippen molar-refractivity contribution >= 4 is 16.6 Å². The van der Waals surface area contributed by atoms with Crippen LogP contribution in [0.3, 0.4) is 0 Å². The van der Waals surface area contributed by atoms with Crippen LogP contribution < -0.4 is 0 Å². The van der Waals surface area contributed by atoms with Crippen molar-refractivity contribution in [1.29, 1.82) is 0 Å². The minimum atomic E-state index is -1.85. The Morgan fingerprint density at radius 1 is 0.967 bits per heavy atom. The molecule has 2 saturated heterocycles. The average Bonchev–Trinajstić information content (AvgIpc) is 3.08. The van der Waals surface area contributed by atoms with Crippen LogP contribution in [0.1, 0.15) is 19.4 Å². The molecular weight excluding hydrogens is 416 g/mol. The topological polar surface area (TPSA) is 55.4 Å². The average molecular weight is 455 g/mol. The third-order valence-electron chi connectivity index (χ3n) is 4.86. The molecule has 0 saturated carbocycles. The number of hydrogen-bond acceptors (Lipinski definition) is 6. The summed E-state index contributed by atoms with van der Waals surface area (Å²) in [4.78, 5) is 0. The second-order valence-electron chi connectivity index (χ2n) is 10.5. The van der Waals surface area contributed by atoms with Gasteiger partial charge in [0.1, 0.15) is 18.3 Å². The molecule has 6 nitrogen and oxygen atoms in total. The molecule has 3 rings (SSSR count). The summed E-state index contributed by atoms with van der Waals surface area (Å²) in [6.45, 7) is 17.9. The smallest absolute Gasteiger partial charge is 0.190 e. The highest BCUT2D eigenvalue weighted by molar-refractivity contribution is 6.70. The summed E-state index contributed by atoms with van der Waals surface area (Å²) < 4.78 is 37.7. The van der Waals surface area contributed by atoms with Crippen molar-refractivity contribution < 1.29 is 27.8 Å². The maximum Gasteiger partial charge on any atom is 0.190 e. The summed E-state index contributed by atoms with van der Waals surface area (Å²) in [5, 5.41) is 0. The zero-order valence-electron chi connectivity index (χ0n) is 19.6. The second kappa shape index (κ2) is 9.11. The predicted octanol–water partition coefficient (Wildman–Crippen LogP) is 4.52. The van der Waals surface area contributed by atoms with E-state index in [4.69, 9.17) is 27.8 Å². The lowest BCUT2D eigenvalue weighted by molar-refractivity contribution is -0.230. The maximum absolute atomic E-state index is 6.54. The van der Waals surface area contributed by atoms with Gasteiger partial charge in [0, 0.05) is 0 Å². The number of hydrogen-bond donors (Lipinski definition) is 0. The van der Waals surface area contributed by atoms with Crippen LogP contribution in [0.5, 0.6) is 0 Å². The Bertz CT molecular complexity index is 685. The van der Waals surface area contributed by atoms with Crippen LogP contribution in [0.2, 0.25) is 39.3 Å². The molecule has 0 aromatic heterocycles. The van der Waals surface area contributed by atoms with Gasteiger partial charge in [-0.25, -0.2) is 0 Å². The summed E-state index contributed by atoms with van der Waals surface area (Å²) >= 11 is 0. The van der Waals surface area contributed by atoms with Crippen molar-refractivity contribution in [1.82, 2.24) is 0 Å². The highest BCUT2D eigenvalue weighted by Gasteiger charge is 2.57. The Kier molecular flexibility index (Phi) is 7.31. The van der Waals surface area contributed by atoms with Gasteiger partial charge >= 0.3 is 0 Å². The van der Waals surface area contributed by atoms with Crippen LogP contribution in [-0.4, -0.2) is 59.7 Å². The third-order valence-corrected chi connectivity index (χ3v) is 6.91. The highest BCUT2D eigenvalue weighted by atomic mass is 28.4. The molecule has 1 aromatic carbocycles. The lowest BCUT2D eigenvalue weighted by Crippen LogP contribution is -2.50. The minimum absolute atomic E-state index is 0.231. The minimum Gasteiger partial charge on any atom is -0.415 e. The van der Waals surface area contributed by atoms with Crippen molar-refractivity contribution in [2.75, 3.05) is 6.61 Å². The van der Waals surface area contributed by atoms with Gasteiger partial charge in [-0.3, -0.25) is 0 Å². The van der Waals surface area contributed by atoms with Gasteiger partial charge in [0.05, 0.1) is 19.3 Å². The van der Waals surface area contributed by atoms with E-state index in [2.05, 4.69) is 51.4 Å². The molecular formula is C22H38O6Si2. The van der Waals surface area contributed by atoms with Crippen LogP contribution >= 0.6 is 0 Å². The lowest BCUT2D eigenvalue weighted by atomic mass is 10.1. The molecule has 5 atom stereocenters. The zero-order valence-corrected chi connectivity index (χ0v) is 21.6. The molecule has 0 N–H and O–H groups in total. The summed E-state index contributed by atoms with van der Waals surface area (Å²) in [5.74, 6) is -0.696. The van der Waals surface area contributed by atoms with E-state index in [1.807, 2.05) is 32.0 Å². The molecule has 170 valence electrons. The fraction of sp³-hybridized carbons (Fsp3) is 0.727. The second-order valence-corrected chi connectivity index (χ2v) is 19.5. The molecule has 8 heteroatoms. The van der Waals surface area contributed by atoms with E-state index in [0.717, 1.165) is 5.56 Å². The molecule has 0 radical (unpaired) electrons. The van der Waals surface area contributed by atoms with Crippen molar-refractivity contribution in [2.24, 2.45) is 0 Å². The van der Waals surface area contributed by atoms with E-state index >= 15 is 0 Å². The first kappa shape index (κ1) is 24.1. The van der Waals surface area contributed by atoms with Crippen molar-refractivity contribution in [2.45, 2.75) is 96.2 Å². The monoisotopic (exact) mass is 454 g/mol. The number of ether oxygens (including phenoxy) is 4. The van der Waals surface area contributed by atoms with Gasteiger partial charge in [-0.1, -0.05) is 30.3 Å². The van der Waals surface area contributed by atoms with Gasteiger partial charge in [-0.2, -0.15) is 0 Å². The van der Waals surface area contributed by atoms with E-state index in [9.17, 15) is 0 Å². The first-order valence-corrected chi connectivity index (χ1v) is 17.6. The molecule has 0 amide bonds. The van der Waals surface area contributed by atoms with Crippen LogP contribution in [0, 0.1) is 0 Å². The first-order chi connectivity index (χ1) is 13.8. The van der Waals surface area contributed by atoms with Gasteiger partial charge in [0.25, 0.3) is 0 Å². The van der Waals surface area contributed by atoms with Crippen LogP contribution in [-0.2, 0) is 34.4 Å². The molecule has 2 aliphatic heterocycles. The SMILES string of the molecule is CC1(C)O[C@H]2O[C@H]([C@H](CO[Si](C)(C)C)O[Si](C)(C)C)[C@H](OCc3ccccc3)[C@H]2O1. The van der Waals surface area contributed by atoms with E-state index < -0.39 is 28.7 Å². The van der Waals surface area contributed by atoms with Crippen LogP contribution in [0.25, 0.3) is 0 Å². The standard InChI is InChI=1S/C22H38O6Si2/c1-22(2)26-20-19(23-14-16-12-10-9-11-13-16)18(25-21(20)27-22)17(28-30(6,7)8)15-24-29(3,4)5/h9-13,17-21H,14-15H2,1-8H3/t17-,18+,19-,20+,21+/m0/s1. The molecule has 0 bridgehead atoms. The van der Waals surface area contributed by atoms with Crippen molar-refractivity contribution in [3.8, 4) is 0 Å². The highest BCUT2D eigenvalue weighted by Crippen LogP contribution is 2.41. The Morgan fingerprint density at radius 2 is 1.63 bits per heavy atom. The Balaban J connectivity index is 1.80. The van der Waals surface area contributed by atoms with Crippen molar-refractivity contribution in [3.05, 3.63) is 35.9 Å². The Labute approximate surface area is 183 Å². The van der Waals surface area contributed by atoms with Crippen molar-refractivity contribution in [3.63, 3.8) is 0 Å². The summed E-state index contributed by atoms with van der Waals surface area (Å²) in [5.41, 5.74) is 1.11. The number of benzene rings is 1. The summed E-state index contributed by atoms with van der Waals surface area (Å²) in [7, 11) is -3.56. The summed E-state index contributed by atoms with van der Waals surface area (Å²) in [6, 6.07) is 10.1. The molecule has 0 aliphatic carbocycles. The maximum atomic E-state index is 6.54. The number of fused-ring (bicyclic) bond motifs is 1. The van der Waals surface area contributed by atoms with Gasteiger partial charge in [-0.15, -0.1) is 0 Å². The quantitative estimate of drug-likeness (QED) is 0.511. The molecule has 2 fully saturated rings. The molecule has 2 aliphatic rings. The normalized spacial score (nSPS) is 29.7. The van der Waals surface area contributed by atoms with Crippen LogP contribution in [0.15, 0.2) is 30.3 Å². The van der Waals surface area contributed by atoms with Gasteiger partial charge in [-0.05, 0) is 58.7 Å². The molecule has 1 aromatic rings. The molecule has 0 spiro atoms. The van der Waals surface area contributed by atoms with E-state index in [0.29, 0.717) is 13.2 Å². The third kappa shape index (κ3) is 6.70. The zero-order chi connectivity index (χ0) is 22.2. The summed E-state index contributed by atoms with van der Waals surface area (Å²) in [6.07, 6.45) is -1.62. The predicted molar refractivity (Wildman–Crippen MR) is 121 cm³/mol. The van der Waals surface area contributed by atoms with Gasteiger partial charge in [0.2, 0.25) is 0 Å². The molecule has 0 unspecified atom stereocenters. The fourth-order valence-corrected chi connectivity index (χ4v) is 5.52. The van der Waals surface area contributed by atoms with Gasteiger partial charge in [0.15, 0.2) is 28.7 Å². The largest absolute Gasteiger partial charge is 0.415 e. The fourth-order valence-electron chi connectivity index (χ4n) is 3.74. The van der Waals surface area contributed by atoms with E-state index in [1.165, 1.54) is 0 Å². The number of rotatable bonds is 9. The first-order valence-electron chi connectivity index (χ1n) is 10.8. The van der Waals surface area contributed by atoms with E-state index in [-0.39, 0.29) is 24.4 Å². The lowest BCUT2D eigenvalue weighted by Gasteiger charge is -2.35. The Morgan fingerprint density at radius 3 is 2.23 bits per heavy atom. The Hall–Kier alpha value is -0.586. The van der Waals surface area contributed by atoms with E-state index in [1.54, 1.807) is 0 Å². The van der Waals surface area contributed by atoms with Crippen LogP contribution in [0.4, 0.5) is 0 Å². The molecule has 2 heterocycles.